The number of para-hydroxylation sites is 1. The van der Waals surface area contributed by atoms with E-state index in [1.54, 1.807) is 6.07 Å². The average Bonchev–Trinajstić information content (AvgIpc) is 2.84. The van der Waals surface area contributed by atoms with Crippen LogP contribution in [0.2, 0.25) is 0 Å². The molecule has 114 valence electrons. The molecule has 6 heteroatoms. The number of ether oxygens (including phenoxy) is 1. The number of carbonyl (C=O) groups is 2. The van der Waals surface area contributed by atoms with Crippen molar-refractivity contribution in [3.8, 4) is 5.75 Å². The maximum Gasteiger partial charge on any atom is 0.341 e. The Morgan fingerprint density at radius 2 is 2.19 bits per heavy atom. The van der Waals surface area contributed by atoms with Crippen molar-refractivity contribution in [2.45, 2.75) is 25.9 Å². The molecule has 0 aliphatic carbocycles. The Balaban J connectivity index is 1.94. The van der Waals surface area contributed by atoms with Crippen molar-refractivity contribution in [1.82, 2.24) is 10.2 Å². The average molecular weight is 292 g/mol. The summed E-state index contributed by atoms with van der Waals surface area (Å²) in [5.41, 5.74) is 0.960. The minimum absolute atomic E-state index is 0.00737. The second-order valence-electron chi connectivity index (χ2n) is 5.21. The molecule has 1 heterocycles. The first-order valence-electron chi connectivity index (χ1n) is 6.96. The van der Waals surface area contributed by atoms with E-state index >= 15 is 0 Å². The Kier molecular flexibility index (Phi) is 5.16. The van der Waals surface area contributed by atoms with E-state index in [2.05, 4.69) is 10.2 Å². The summed E-state index contributed by atoms with van der Waals surface area (Å²) in [7, 11) is 0. The molecule has 2 rings (SSSR count). The molecule has 1 aromatic rings. The van der Waals surface area contributed by atoms with Gasteiger partial charge in [0, 0.05) is 38.2 Å². The molecule has 0 aromatic heterocycles. The van der Waals surface area contributed by atoms with Gasteiger partial charge in [0.15, 0.2) is 6.61 Å². The molecule has 21 heavy (non-hydrogen) atoms. The number of hydrogen-bond acceptors (Lipinski definition) is 4. The second kappa shape index (κ2) is 7.08. The highest BCUT2D eigenvalue weighted by Gasteiger charge is 2.23. The molecule has 1 atom stereocenters. The number of carbonyl (C=O) groups excluding carboxylic acids is 1. The van der Waals surface area contributed by atoms with Gasteiger partial charge in [-0.05, 0) is 12.5 Å². The summed E-state index contributed by atoms with van der Waals surface area (Å²) < 4.78 is 5.30. The molecule has 1 aliphatic heterocycles. The number of hydrogen-bond donors (Lipinski definition) is 2. The van der Waals surface area contributed by atoms with Crippen LogP contribution < -0.4 is 10.1 Å². The predicted molar refractivity (Wildman–Crippen MR) is 77.1 cm³/mol. The summed E-state index contributed by atoms with van der Waals surface area (Å²) in [5, 5.41) is 11.6. The largest absolute Gasteiger partial charge is 0.482 e. The second-order valence-corrected chi connectivity index (χ2v) is 5.21. The molecule has 0 saturated carbocycles. The Morgan fingerprint density at radius 3 is 2.90 bits per heavy atom. The van der Waals surface area contributed by atoms with Crippen molar-refractivity contribution in [3.63, 3.8) is 0 Å². The number of aliphatic carboxylic acids is 1. The van der Waals surface area contributed by atoms with E-state index < -0.39 is 5.97 Å². The molecular formula is C15H20N2O4. The molecule has 0 bridgehead atoms. The number of carboxylic acids is 1. The molecule has 1 unspecified atom stereocenters. The quantitative estimate of drug-likeness (QED) is 0.813. The van der Waals surface area contributed by atoms with Crippen LogP contribution in [-0.4, -0.2) is 47.6 Å². The standard InChI is InChI=1S/C15H20N2O4/c1-11(18)16-13-6-7-17(9-13)8-12-4-2-3-5-14(12)21-10-15(19)20/h2-5,13H,6-10H2,1H3,(H,16,18)(H,19,20). The van der Waals surface area contributed by atoms with Gasteiger partial charge >= 0.3 is 5.97 Å². The fourth-order valence-corrected chi connectivity index (χ4v) is 2.54. The number of rotatable bonds is 6. The van der Waals surface area contributed by atoms with Gasteiger partial charge in [-0.2, -0.15) is 0 Å². The monoisotopic (exact) mass is 292 g/mol. The maximum absolute atomic E-state index is 11.1. The summed E-state index contributed by atoms with van der Waals surface area (Å²) in [6.45, 7) is 3.57. The molecule has 2 N–H and O–H groups in total. The van der Waals surface area contributed by atoms with Gasteiger partial charge in [0.2, 0.25) is 5.91 Å². The van der Waals surface area contributed by atoms with Gasteiger partial charge in [-0.15, -0.1) is 0 Å². The molecule has 1 fully saturated rings. The number of likely N-dealkylation sites (tertiary alicyclic amines) is 1. The molecule has 6 nitrogen and oxygen atoms in total. The Hall–Kier alpha value is -2.08. The van der Waals surface area contributed by atoms with Gasteiger partial charge in [0.25, 0.3) is 0 Å². The number of nitrogens with one attached hydrogen (secondary N) is 1. The zero-order valence-corrected chi connectivity index (χ0v) is 12.0. The molecular weight excluding hydrogens is 272 g/mol. The van der Waals surface area contributed by atoms with E-state index in [0.717, 1.165) is 25.1 Å². The maximum atomic E-state index is 11.1. The zero-order chi connectivity index (χ0) is 15.2. The van der Waals surface area contributed by atoms with E-state index in [-0.39, 0.29) is 18.6 Å². The molecule has 1 aromatic carbocycles. The van der Waals surface area contributed by atoms with E-state index in [9.17, 15) is 9.59 Å². The van der Waals surface area contributed by atoms with Crippen molar-refractivity contribution >= 4 is 11.9 Å². The Bertz CT molecular complexity index is 518. The van der Waals surface area contributed by atoms with Crippen LogP contribution in [0.25, 0.3) is 0 Å². The third kappa shape index (κ3) is 4.75. The van der Waals surface area contributed by atoms with Gasteiger partial charge in [-0.3, -0.25) is 9.69 Å². The van der Waals surface area contributed by atoms with Crippen molar-refractivity contribution in [2.24, 2.45) is 0 Å². The highest BCUT2D eigenvalue weighted by atomic mass is 16.5. The fourth-order valence-electron chi connectivity index (χ4n) is 2.54. The number of benzene rings is 1. The lowest BCUT2D eigenvalue weighted by atomic mass is 10.2. The third-order valence-electron chi connectivity index (χ3n) is 3.40. The van der Waals surface area contributed by atoms with Gasteiger partial charge < -0.3 is 15.2 Å². The van der Waals surface area contributed by atoms with Crippen LogP contribution in [0, 0.1) is 0 Å². The van der Waals surface area contributed by atoms with Gasteiger partial charge in [-0.25, -0.2) is 4.79 Å². The lowest BCUT2D eigenvalue weighted by Crippen LogP contribution is -2.35. The van der Waals surface area contributed by atoms with Crippen molar-refractivity contribution in [1.29, 1.82) is 0 Å². The van der Waals surface area contributed by atoms with Crippen LogP contribution in [0.15, 0.2) is 24.3 Å². The minimum atomic E-state index is -0.989. The topological polar surface area (TPSA) is 78.9 Å². The van der Waals surface area contributed by atoms with Gasteiger partial charge in [0.1, 0.15) is 5.75 Å². The summed E-state index contributed by atoms with van der Waals surface area (Å²) in [6, 6.07) is 7.63. The van der Waals surface area contributed by atoms with E-state index in [1.807, 2.05) is 18.2 Å². The van der Waals surface area contributed by atoms with Crippen LogP contribution in [0.4, 0.5) is 0 Å². The lowest BCUT2D eigenvalue weighted by molar-refractivity contribution is -0.139. The Morgan fingerprint density at radius 1 is 1.43 bits per heavy atom. The van der Waals surface area contributed by atoms with Crippen LogP contribution in [0.1, 0.15) is 18.9 Å². The highest BCUT2D eigenvalue weighted by molar-refractivity contribution is 5.73. The summed E-state index contributed by atoms with van der Waals surface area (Å²) >= 11 is 0. The molecule has 0 spiro atoms. The Labute approximate surface area is 123 Å². The lowest BCUT2D eigenvalue weighted by Gasteiger charge is -2.18. The third-order valence-corrected chi connectivity index (χ3v) is 3.40. The van der Waals surface area contributed by atoms with Crippen molar-refractivity contribution in [3.05, 3.63) is 29.8 Å². The van der Waals surface area contributed by atoms with Crippen LogP contribution >= 0.6 is 0 Å². The van der Waals surface area contributed by atoms with E-state index in [0.29, 0.717) is 12.3 Å². The number of nitrogens with zero attached hydrogens (tertiary/aromatic N) is 1. The molecule has 1 amide bonds. The fraction of sp³-hybridized carbons (Fsp3) is 0.467. The number of amides is 1. The van der Waals surface area contributed by atoms with E-state index in [4.69, 9.17) is 9.84 Å². The van der Waals surface area contributed by atoms with E-state index in [1.165, 1.54) is 6.92 Å². The molecule has 1 saturated heterocycles. The van der Waals surface area contributed by atoms with Crippen molar-refractivity contribution < 1.29 is 19.4 Å². The van der Waals surface area contributed by atoms with Crippen LogP contribution in [0.5, 0.6) is 5.75 Å². The van der Waals surface area contributed by atoms with Crippen LogP contribution in [-0.2, 0) is 16.1 Å². The first-order chi connectivity index (χ1) is 10.0. The minimum Gasteiger partial charge on any atom is -0.482 e. The highest BCUT2D eigenvalue weighted by Crippen LogP contribution is 2.22. The summed E-state index contributed by atoms with van der Waals surface area (Å²) in [5.74, 6) is -0.397. The summed E-state index contributed by atoms with van der Waals surface area (Å²) in [4.78, 5) is 23.9. The zero-order valence-electron chi connectivity index (χ0n) is 12.0. The summed E-state index contributed by atoms with van der Waals surface area (Å²) in [6.07, 6.45) is 0.928. The van der Waals surface area contributed by atoms with Gasteiger partial charge in [0.05, 0.1) is 0 Å². The normalized spacial score (nSPS) is 18.4. The SMILES string of the molecule is CC(=O)NC1CCN(Cc2ccccc2OCC(=O)O)C1. The van der Waals surface area contributed by atoms with Gasteiger partial charge in [-0.1, -0.05) is 18.2 Å². The predicted octanol–water partition coefficient (Wildman–Crippen LogP) is 0.860. The first kappa shape index (κ1) is 15.3. The smallest absolute Gasteiger partial charge is 0.341 e. The molecule has 1 aliphatic rings. The van der Waals surface area contributed by atoms with Crippen molar-refractivity contribution in [2.75, 3.05) is 19.7 Å². The van der Waals surface area contributed by atoms with Crippen LogP contribution in [0.3, 0.4) is 0 Å². The number of carboxylic acid groups (broad SMARTS) is 1. The first-order valence-corrected chi connectivity index (χ1v) is 6.96. The molecule has 0 radical (unpaired) electrons.